The summed E-state index contributed by atoms with van der Waals surface area (Å²) >= 11 is 0. The second-order valence-electron chi connectivity index (χ2n) is 5.77. The molecule has 4 atom stereocenters. The predicted octanol–water partition coefficient (Wildman–Crippen LogP) is 1.21. The van der Waals surface area contributed by atoms with Crippen molar-refractivity contribution in [3.63, 3.8) is 0 Å². The van der Waals surface area contributed by atoms with Gasteiger partial charge in [0.05, 0.1) is 11.8 Å². The van der Waals surface area contributed by atoms with Crippen molar-refractivity contribution >= 4 is 5.78 Å². The Balaban J connectivity index is 2.16. The molecule has 0 aromatic heterocycles. The zero-order chi connectivity index (χ0) is 13.8. The molecule has 3 fully saturated rings. The quantitative estimate of drug-likeness (QED) is 0.719. The van der Waals surface area contributed by atoms with Gasteiger partial charge in [-0.2, -0.15) is 0 Å². The van der Waals surface area contributed by atoms with Crippen molar-refractivity contribution in [3.8, 4) is 0 Å². The molecule has 3 aliphatic carbocycles. The number of methoxy groups -OCH3 is 4. The summed E-state index contributed by atoms with van der Waals surface area (Å²) in [5, 5.41) is 0. The minimum atomic E-state index is -1.12. The van der Waals surface area contributed by atoms with Crippen LogP contribution in [0.3, 0.4) is 0 Å². The number of Topliss-reactive ketones (excluding diaryl/α,β-unsaturated/α-hetero) is 1. The molecule has 0 aromatic rings. The van der Waals surface area contributed by atoms with E-state index in [2.05, 4.69) is 0 Å². The summed E-state index contributed by atoms with van der Waals surface area (Å²) in [7, 11) is 6.25. The van der Waals surface area contributed by atoms with Crippen LogP contribution in [0.1, 0.15) is 19.3 Å². The van der Waals surface area contributed by atoms with Crippen LogP contribution in [0.15, 0.2) is 0 Å². The molecule has 19 heavy (non-hydrogen) atoms. The first-order valence-corrected chi connectivity index (χ1v) is 6.87. The second kappa shape index (κ2) is 4.25. The summed E-state index contributed by atoms with van der Waals surface area (Å²) in [5.74, 6) is -1.93. The van der Waals surface area contributed by atoms with E-state index >= 15 is 0 Å². The maximum atomic E-state index is 12.7. The zero-order valence-electron chi connectivity index (χ0n) is 12.0. The molecule has 3 aliphatic rings. The van der Waals surface area contributed by atoms with Crippen molar-refractivity contribution in [2.45, 2.75) is 30.8 Å². The number of carbonyl (C=O) groups is 1. The third-order valence-electron chi connectivity index (χ3n) is 5.61. The van der Waals surface area contributed by atoms with Gasteiger partial charge in [-0.05, 0) is 24.7 Å². The van der Waals surface area contributed by atoms with Crippen LogP contribution in [-0.4, -0.2) is 45.8 Å². The highest BCUT2D eigenvalue weighted by atomic mass is 16.8. The third-order valence-corrected chi connectivity index (χ3v) is 5.61. The largest absolute Gasteiger partial charge is 0.348 e. The molecule has 0 saturated heterocycles. The fourth-order valence-corrected chi connectivity index (χ4v) is 5.08. The molecule has 5 nitrogen and oxygen atoms in total. The zero-order valence-corrected chi connectivity index (χ0v) is 12.0. The Morgan fingerprint density at radius 1 is 0.842 bits per heavy atom. The summed E-state index contributed by atoms with van der Waals surface area (Å²) in [6, 6.07) is 0. The fourth-order valence-electron chi connectivity index (χ4n) is 5.08. The number of ether oxygens (including phenoxy) is 4. The van der Waals surface area contributed by atoms with E-state index in [9.17, 15) is 4.79 Å². The van der Waals surface area contributed by atoms with Gasteiger partial charge in [0.15, 0.2) is 5.78 Å². The van der Waals surface area contributed by atoms with Crippen LogP contribution in [0.2, 0.25) is 0 Å². The van der Waals surface area contributed by atoms with Gasteiger partial charge in [-0.3, -0.25) is 4.79 Å². The summed E-state index contributed by atoms with van der Waals surface area (Å²) < 4.78 is 22.7. The molecule has 0 aliphatic heterocycles. The Kier molecular flexibility index (Phi) is 3.02. The lowest BCUT2D eigenvalue weighted by molar-refractivity contribution is -0.414. The van der Waals surface area contributed by atoms with Gasteiger partial charge in [0.25, 0.3) is 0 Å². The van der Waals surface area contributed by atoms with Gasteiger partial charge in [0.1, 0.15) is 0 Å². The molecule has 0 radical (unpaired) electrons. The SMILES string of the molecule is COC1(OC)[C@@H]2C(=O)[C@@H](C3CCCC32)C1(OC)OC. The molecule has 108 valence electrons. The van der Waals surface area contributed by atoms with Gasteiger partial charge in [0, 0.05) is 28.4 Å². The number of hydrogen-bond donors (Lipinski definition) is 0. The molecule has 2 bridgehead atoms. The van der Waals surface area contributed by atoms with Crippen LogP contribution in [-0.2, 0) is 23.7 Å². The van der Waals surface area contributed by atoms with Crippen molar-refractivity contribution in [2.24, 2.45) is 23.7 Å². The smallest absolute Gasteiger partial charge is 0.234 e. The monoisotopic (exact) mass is 270 g/mol. The Morgan fingerprint density at radius 3 is 1.53 bits per heavy atom. The first-order chi connectivity index (χ1) is 9.13. The highest BCUT2D eigenvalue weighted by Crippen LogP contribution is 2.66. The van der Waals surface area contributed by atoms with Crippen molar-refractivity contribution in [1.82, 2.24) is 0 Å². The lowest BCUT2D eigenvalue weighted by Gasteiger charge is -2.50. The summed E-state index contributed by atoms with van der Waals surface area (Å²) in [4.78, 5) is 12.7. The minimum absolute atomic E-state index is 0.183. The van der Waals surface area contributed by atoms with E-state index < -0.39 is 11.6 Å². The topological polar surface area (TPSA) is 54.0 Å². The summed E-state index contributed by atoms with van der Waals surface area (Å²) in [5.41, 5.74) is 0. The maximum absolute atomic E-state index is 12.7. The van der Waals surface area contributed by atoms with Crippen LogP contribution in [0.25, 0.3) is 0 Å². The van der Waals surface area contributed by atoms with Crippen LogP contribution < -0.4 is 0 Å². The average molecular weight is 270 g/mol. The van der Waals surface area contributed by atoms with Gasteiger partial charge in [0.2, 0.25) is 11.6 Å². The molecule has 5 heteroatoms. The van der Waals surface area contributed by atoms with Gasteiger partial charge in [-0.15, -0.1) is 0 Å². The van der Waals surface area contributed by atoms with Gasteiger partial charge in [-0.1, -0.05) is 6.42 Å². The molecule has 0 heterocycles. The minimum Gasteiger partial charge on any atom is -0.348 e. The van der Waals surface area contributed by atoms with Crippen molar-refractivity contribution in [3.05, 3.63) is 0 Å². The lowest BCUT2D eigenvalue weighted by Crippen LogP contribution is -2.65. The first-order valence-electron chi connectivity index (χ1n) is 6.87. The Bertz CT molecular complexity index is 351. The van der Waals surface area contributed by atoms with E-state index in [1.165, 1.54) is 0 Å². The van der Waals surface area contributed by atoms with Crippen LogP contribution in [0, 0.1) is 23.7 Å². The van der Waals surface area contributed by atoms with Crippen LogP contribution in [0.5, 0.6) is 0 Å². The Morgan fingerprint density at radius 2 is 1.21 bits per heavy atom. The van der Waals surface area contributed by atoms with Crippen molar-refractivity contribution < 1.29 is 23.7 Å². The Labute approximate surface area is 113 Å². The highest BCUT2D eigenvalue weighted by Gasteiger charge is 2.81. The fraction of sp³-hybridized carbons (Fsp3) is 0.929. The normalized spacial score (nSPS) is 41.8. The first kappa shape index (κ1) is 13.5. The highest BCUT2D eigenvalue weighted by molar-refractivity contribution is 5.92. The van der Waals surface area contributed by atoms with Gasteiger partial charge in [-0.25, -0.2) is 0 Å². The second-order valence-corrected chi connectivity index (χ2v) is 5.77. The Hall–Kier alpha value is -0.490. The van der Waals surface area contributed by atoms with Crippen LogP contribution in [0.4, 0.5) is 0 Å². The molecule has 3 saturated carbocycles. The lowest BCUT2D eigenvalue weighted by atomic mass is 9.74. The molecule has 2 unspecified atom stereocenters. The molecular formula is C14H22O5. The summed E-state index contributed by atoms with van der Waals surface area (Å²) in [6.07, 6.45) is 3.29. The molecule has 0 N–H and O–H groups in total. The summed E-state index contributed by atoms with van der Waals surface area (Å²) in [6.45, 7) is 0. The van der Waals surface area contributed by atoms with Crippen molar-refractivity contribution in [2.75, 3.05) is 28.4 Å². The third kappa shape index (κ3) is 1.23. The predicted molar refractivity (Wildman–Crippen MR) is 66.3 cm³/mol. The number of carbonyl (C=O) groups excluding carboxylic acids is 1. The molecule has 0 amide bonds. The van der Waals surface area contributed by atoms with Crippen molar-refractivity contribution in [1.29, 1.82) is 0 Å². The number of fused-ring (bicyclic) bond motifs is 5. The molecule has 3 rings (SSSR count). The van der Waals surface area contributed by atoms with E-state index in [1.807, 2.05) is 0 Å². The molecule has 0 spiro atoms. The molecular weight excluding hydrogens is 248 g/mol. The van der Waals surface area contributed by atoms with E-state index in [0.29, 0.717) is 11.8 Å². The number of hydrogen-bond acceptors (Lipinski definition) is 5. The average Bonchev–Trinajstić information content (AvgIpc) is 3.05. The van der Waals surface area contributed by atoms with E-state index in [4.69, 9.17) is 18.9 Å². The standard InChI is InChI=1S/C14H22O5/c1-16-13(17-2)10-8-6-5-7-9(8)11(12(10)15)14(13,18-3)19-4/h8-11H,5-7H2,1-4H3/t8?,9?,10-,11+. The number of ketones is 1. The maximum Gasteiger partial charge on any atom is 0.234 e. The van der Waals surface area contributed by atoms with E-state index in [1.54, 1.807) is 28.4 Å². The van der Waals surface area contributed by atoms with E-state index in [-0.39, 0.29) is 17.6 Å². The molecule has 0 aromatic carbocycles. The van der Waals surface area contributed by atoms with Gasteiger partial charge < -0.3 is 18.9 Å². The van der Waals surface area contributed by atoms with Crippen LogP contribution >= 0.6 is 0 Å². The van der Waals surface area contributed by atoms with E-state index in [0.717, 1.165) is 19.3 Å². The number of rotatable bonds is 4. The van der Waals surface area contributed by atoms with Gasteiger partial charge >= 0.3 is 0 Å².